The Balaban J connectivity index is 5.29. The van der Waals surface area contributed by atoms with E-state index in [1.54, 1.807) is 0 Å². The van der Waals surface area contributed by atoms with Gasteiger partial charge in [0.05, 0.1) is 33.8 Å². The minimum atomic E-state index is -4.45. The summed E-state index contributed by atoms with van der Waals surface area (Å²) in [5.41, 5.74) is 0. The molecule has 9 nitrogen and oxygen atoms in total. The van der Waals surface area contributed by atoms with Crippen LogP contribution in [-0.2, 0) is 27.9 Å². The maximum Gasteiger partial charge on any atom is 0.472 e. The standard InChI is InChI=1S/C66H121N2O7P/c1-7-10-13-16-19-22-25-28-30-32-33-34-35-36-38-41-44-47-50-53-56-59-66(70)75-64(57-54-51-48-45-42-39-27-24-21-18-15-12-9-3)63(62-74-76(71,72)73-61-60-68(4,5)6)67-65(69)58-55-52-49-46-43-40-37-31-29-26-23-20-17-14-11-8-2/h10,13,19,22,28,30,33-34,36,38,54,57,63-64H,7-9,11-12,14-18,20-21,23-27,29,31-32,35,37,39-53,55-56,58-62H2,1-6H3,(H-,67,69,71,72)/p+1/b13-10-,22-19-,30-28-,34-33-,38-36-,57-54+. The molecule has 0 heterocycles. The lowest BCUT2D eigenvalue weighted by Gasteiger charge is -2.27. The van der Waals surface area contributed by atoms with Crippen LogP contribution in [0, 0.1) is 0 Å². The van der Waals surface area contributed by atoms with Gasteiger partial charge in [-0.25, -0.2) is 4.57 Å². The summed E-state index contributed by atoms with van der Waals surface area (Å²) in [6.07, 6.45) is 71.8. The molecule has 0 fully saturated rings. The summed E-state index contributed by atoms with van der Waals surface area (Å²) in [6.45, 7) is 6.91. The van der Waals surface area contributed by atoms with Gasteiger partial charge in [0.2, 0.25) is 5.91 Å². The number of phosphoric acid groups is 1. The highest BCUT2D eigenvalue weighted by molar-refractivity contribution is 7.47. The monoisotopic (exact) mass is 1090 g/mol. The molecule has 0 aromatic carbocycles. The van der Waals surface area contributed by atoms with Crippen molar-refractivity contribution < 1.29 is 37.3 Å². The maximum absolute atomic E-state index is 13.6. The van der Waals surface area contributed by atoms with Gasteiger partial charge in [-0.3, -0.25) is 18.6 Å². The zero-order chi connectivity index (χ0) is 55.7. The van der Waals surface area contributed by atoms with Gasteiger partial charge >= 0.3 is 13.8 Å². The number of nitrogens with one attached hydrogen (secondary N) is 1. The average Bonchev–Trinajstić information content (AvgIpc) is 3.38. The summed E-state index contributed by atoms with van der Waals surface area (Å²) in [5, 5.41) is 3.06. The number of amides is 1. The second-order valence-electron chi connectivity index (χ2n) is 22.6. The van der Waals surface area contributed by atoms with Crippen molar-refractivity contribution in [2.24, 2.45) is 0 Å². The highest BCUT2D eigenvalue weighted by Gasteiger charge is 2.30. The lowest BCUT2D eigenvalue weighted by molar-refractivity contribution is -0.870. The molecule has 1 amide bonds. The number of hydrogen-bond donors (Lipinski definition) is 2. The van der Waals surface area contributed by atoms with Crippen molar-refractivity contribution in [2.45, 2.75) is 296 Å². The van der Waals surface area contributed by atoms with Crippen molar-refractivity contribution in [3.8, 4) is 0 Å². The van der Waals surface area contributed by atoms with Gasteiger partial charge in [0, 0.05) is 12.8 Å². The van der Waals surface area contributed by atoms with Crippen LogP contribution in [0.3, 0.4) is 0 Å². The zero-order valence-electron chi connectivity index (χ0n) is 50.5. The number of likely N-dealkylation sites (N-methyl/N-ethyl adjacent to an activating group) is 1. The second kappa shape index (κ2) is 55.8. The summed E-state index contributed by atoms with van der Waals surface area (Å²) in [6, 6.07) is -0.857. The molecule has 0 aromatic heterocycles. The molecule has 0 aliphatic heterocycles. The largest absolute Gasteiger partial charge is 0.472 e. The summed E-state index contributed by atoms with van der Waals surface area (Å²) >= 11 is 0. The molecule has 76 heavy (non-hydrogen) atoms. The third-order valence-corrected chi connectivity index (χ3v) is 14.9. The Kier molecular flexibility index (Phi) is 53.9. The fraction of sp³-hybridized carbons (Fsp3) is 0.788. The van der Waals surface area contributed by atoms with E-state index in [0.29, 0.717) is 23.9 Å². The predicted molar refractivity (Wildman–Crippen MR) is 328 cm³/mol. The quantitative estimate of drug-likeness (QED) is 0.0205. The van der Waals surface area contributed by atoms with Crippen molar-refractivity contribution in [3.05, 3.63) is 72.9 Å². The van der Waals surface area contributed by atoms with Gasteiger partial charge in [-0.1, -0.05) is 267 Å². The number of phosphoric ester groups is 1. The molecule has 0 aliphatic rings. The van der Waals surface area contributed by atoms with Gasteiger partial charge in [0.15, 0.2) is 0 Å². The number of rotatable bonds is 57. The SMILES string of the molecule is CC/C=C\C/C=C\C/C=C\C/C=C\C/C=C\CCCCCCCC(=O)OC(/C=C/CCCCCCCCCCCCC)C(COP(=O)(O)OCC[N+](C)(C)C)NC(=O)CCCCCCCCCCCCCCCCCC. The first-order valence-corrected chi connectivity index (χ1v) is 33.3. The normalized spacial score (nSPS) is 14.1. The summed E-state index contributed by atoms with van der Waals surface area (Å²) < 4.78 is 30.7. The minimum Gasteiger partial charge on any atom is -0.456 e. The molecule has 10 heteroatoms. The Morgan fingerprint density at radius 2 is 0.842 bits per heavy atom. The molecule has 3 unspecified atom stereocenters. The fourth-order valence-corrected chi connectivity index (χ4v) is 9.76. The van der Waals surface area contributed by atoms with E-state index in [2.05, 4.69) is 86.8 Å². The highest BCUT2D eigenvalue weighted by Crippen LogP contribution is 2.43. The first-order chi connectivity index (χ1) is 36.9. The van der Waals surface area contributed by atoms with E-state index in [9.17, 15) is 19.0 Å². The van der Waals surface area contributed by atoms with Gasteiger partial charge in [0.25, 0.3) is 0 Å². The lowest BCUT2D eigenvalue weighted by atomic mass is 10.0. The number of nitrogens with zero attached hydrogens (tertiary/aromatic N) is 1. The van der Waals surface area contributed by atoms with E-state index < -0.39 is 20.0 Å². The van der Waals surface area contributed by atoms with E-state index in [1.165, 1.54) is 141 Å². The van der Waals surface area contributed by atoms with E-state index in [4.69, 9.17) is 13.8 Å². The molecular weight excluding hydrogens is 964 g/mol. The summed E-state index contributed by atoms with van der Waals surface area (Å²) in [4.78, 5) is 37.7. The van der Waals surface area contributed by atoms with Crippen LogP contribution in [0.1, 0.15) is 284 Å². The number of esters is 1. The molecule has 0 aromatic rings. The fourth-order valence-electron chi connectivity index (χ4n) is 9.03. The molecular formula is C66H122N2O7P+. The minimum absolute atomic E-state index is 0.0359. The lowest BCUT2D eigenvalue weighted by Crippen LogP contribution is -2.47. The van der Waals surface area contributed by atoms with Crippen LogP contribution in [-0.4, -0.2) is 74.3 Å². The van der Waals surface area contributed by atoms with Gasteiger partial charge in [-0.15, -0.1) is 0 Å². The highest BCUT2D eigenvalue weighted by atomic mass is 31.2. The Morgan fingerprint density at radius 1 is 0.474 bits per heavy atom. The average molecular weight is 1090 g/mol. The van der Waals surface area contributed by atoms with Crippen LogP contribution in [0.25, 0.3) is 0 Å². The van der Waals surface area contributed by atoms with Crippen molar-refractivity contribution in [1.29, 1.82) is 0 Å². The molecule has 0 saturated carbocycles. The first-order valence-electron chi connectivity index (χ1n) is 31.8. The number of quaternary nitrogens is 1. The molecule has 3 atom stereocenters. The Bertz CT molecular complexity index is 1530. The van der Waals surface area contributed by atoms with Crippen molar-refractivity contribution in [3.63, 3.8) is 0 Å². The van der Waals surface area contributed by atoms with Crippen LogP contribution < -0.4 is 5.32 Å². The van der Waals surface area contributed by atoms with E-state index in [0.717, 1.165) is 103 Å². The number of allylic oxidation sites excluding steroid dienone is 11. The summed E-state index contributed by atoms with van der Waals surface area (Å²) in [7, 11) is 1.49. The second-order valence-corrected chi connectivity index (χ2v) is 24.0. The predicted octanol–water partition coefficient (Wildman–Crippen LogP) is 19.6. The first kappa shape index (κ1) is 73.5. The Labute approximate surface area is 470 Å². The van der Waals surface area contributed by atoms with E-state index in [-0.39, 0.29) is 31.5 Å². The molecule has 0 aliphatic carbocycles. The number of carbonyl (C=O) groups excluding carboxylic acids is 2. The molecule has 0 saturated heterocycles. The molecule has 0 bridgehead atoms. The Hall–Kier alpha value is -2.55. The van der Waals surface area contributed by atoms with Gasteiger partial charge < -0.3 is 19.4 Å². The molecule has 0 spiro atoms. The smallest absolute Gasteiger partial charge is 0.456 e. The van der Waals surface area contributed by atoms with Gasteiger partial charge in [0.1, 0.15) is 19.3 Å². The van der Waals surface area contributed by atoms with E-state index in [1.807, 2.05) is 33.3 Å². The zero-order valence-corrected chi connectivity index (χ0v) is 51.4. The van der Waals surface area contributed by atoms with Crippen LogP contribution in [0.15, 0.2) is 72.9 Å². The number of carbonyl (C=O) groups is 2. The third kappa shape index (κ3) is 56.2. The Morgan fingerprint density at radius 3 is 1.26 bits per heavy atom. The van der Waals surface area contributed by atoms with Crippen LogP contribution >= 0.6 is 7.82 Å². The molecule has 2 N–H and O–H groups in total. The number of unbranched alkanes of at least 4 members (excludes halogenated alkanes) is 31. The molecule has 0 rings (SSSR count). The van der Waals surface area contributed by atoms with Crippen molar-refractivity contribution >= 4 is 19.7 Å². The number of hydrogen-bond acceptors (Lipinski definition) is 6. The molecule has 0 radical (unpaired) electrons. The van der Waals surface area contributed by atoms with Gasteiger partial charge in [-0.2, -0.15) is 0 Å². The topological polar surface area (TPSA) is 111 Å². The van der Waals surface area contributed by atoms with Gasteiger partial charge in [-0.05, 0) is 76.7 Å². The van der Waals surface area contributed by atoms with E-state index >= 15 is 0 Å². The van der Waals surface area contributed by atoms with Crippen LogP contribution in [0.5, 0.6) is 0 Å². The van der Waals surface area contributed by atoms with Crippen molar-refractivity contribution in [1.82, 2.24) is 5.32 Å². The number of ether oxygens (including phenoxy) is 1. The maximum atomic E-state index is 13.6. The third-order valence-electron chi connectivity index (χ3n) is 13.9. The van der Waals surface area contributed by atoms with Crippen LogP contribution in [0.2, 0.25) is 0 Å². The van der Waals surface area contributed by atoms with Crippen molar-refractivity contribution in [2.75, 3.05) is 40.9 Å². The molecule has 442 valence electrons. The summed E-state index contributed by atoms with van der Waals surface area (Å²) in [5.74, 6) is -0.520. The van der Waals surface area contributed by atoms with Crippen LogP contribution in [0.4, 0.5) is 0 Å².